The van der Waals surface area contributed by atoms with Gasteiger partial charge in [-0.3, -0.25) is 9.59 Å². The molecule has 25 heavy (non-hydrogen) atoms. The van der Waals surface area contributed by atoms with Gasteiger partial charge in [-0.1, -0.05) is 49.2 Å². The lowest BCUT2D eigenvalue weighted by Gasteiger charge is -2.12. The van der Waals surface area contributed by atoms with Gasteiger partial charge in [-0.2, -0.15) is 0 Å². The topological polar surface area (TPSA) is 92.4 Å². The van der Waals surface area contributed by atoms with Crippen LogP contribution >= 0.6 is 11.6 Å². The van der Waals surface area contributed by atoms with Crippen LogP contribution in [0.4, 0.5) is 0 Å². The predicted molar refractivity (Wildman–Crippen MR) is 94.1 cm³/mol. The molecule has 1 aromatic carbocycles. The van der Waals surface area contributed by atoms with E-state index in [1.165, 1.54) is 0 Å². The van der Waals surface area contributed by atoms with Crippen molar-refractivity contribution in [1.29, 1.82) is 0 Å². The Kier molecular flexibility index (Phi) is 6.58. The van der Waals surface area contributed by atoms with Crippen molar-refractivity contribution in [3.05, 3.63) is 52.1 Å². The van der Waals surface area contributed by atoms with Crippen LogP contribution in [0.15, 0.2) is 24.3 Å². The maximum absolute atomic E-state index is 11.1. The van der Waals surface area contributed by atoms with Gasteiger partial charge in [0.2, 0.25) is 0 Å². The van der Waals surface area contributed by atoms with Crippen LogP contribution in [0.2, 0.25) is 5.15 Å². The number of benzene rings is 1. The minimum absolute atomic E-state index is 0.0246. The number of aromatic nitrogens is 2. The van der Waals surface area contributed by atoms with Gasteiger partial charge in [-0.05, 0) is 17.5 Å². The Morgan fingerprint density at radius 3 is 2.24 bits per heavy atom. The molecule has 7 heteroatoms. The number of unbranched alkanes of at least 4 members (excludes halogenated alkanes) is 1. The summed E-state index contributed by atoms with van der Waals surface area (Å²) >= 11 is 6.16. The summed E-state index contributed by atoms with van der Waals surface area (Å²) in [6, 6.07) is 7.23. The number of aliphatic carboxylic acids is 2. The van der Waals surface area contributed by atoms with Crippen LogP contribution in [-0.4, -0.2) is 31.7 Å². The molecule has 0 saturated heterocycles. The Morgan fingerprint density at radius 2 is 1.68 bits per heavy atom. The lowest BCUT2D eigenvalue weighted by Crippen LogP contribution is -2.12. The van der Waals surface area contributed by atoms with Gasteiger partial charge in [0.15, 0.2) is 5.15 Å². The average Bonchev–Trinajstić information content (AvgIpc) is 2.82. The van der Waals surface area contributed by atoms with E-state index in [1.807, 2.05) is 16.7 Å². The number of carbonyl (C=O) groups is 2. The highest BCUT2D eigenvalue weighted by atomic mass is 35.5. The molecule has 1 aromatic heterocycles. The maximum atomic E-state index is 11.1. The first-order valence-electron chi connectivity index (χ1n) is 8.15. The lowest BCUT2D eigenvalue weighted by molar-refractivity contribution is -0.137. The van der Waals surface area contributed by atoms with E-state index < -0.39 is 11.9 Å². The molecule has 0 spiro atoms. The molecule has 2 aromatic rings. The molecular weight excluding hydrogens is 344 g/mol. The number of rotatable bonds is 9. The molecule has 2 rings (SSSR count). The summed E-state index contributed by atoms with van der Waals surface area (Å²) in [4.78, 5) is 26.2. The monoisotopic (exact) mass is 364 g/mol. The van der Waals surface area contributed by atoms with Crippen LogP contribution in [-0.2, 0) is 35.4 Å². The lowest BCUT2D eigenvalue weighted by atomic mass is 10.1. The molecule has 0 saturated carbocycles. The first-order valence-corrected chi connectivity index (χ1v) is 8.53. The van der Waals surface area contributed by atoms with Crippen molar-refractivity contribution in [2.75, 3.05) is 0 Å². The van der Waals surface area contributed by atoms with Gasteiger partial charge in [-0.15, -0.1) is 0 Å². The third-order valence-corrected chi connectivity index (χ3v) is 4.20. The number of carboxylic acids is 2. The number of halogens is 1. The van der Waals surface area contributed by atoms with E-state index >= 15 is 0 Å². The van der Waals surface area contributed by atoms with E-state index in [-0.39, 0.29) is 18.0 Å². The smallest absolute Gasteiger partial charge is 0.309 e. The summed E-state index contributed by atoms with van der Waals surface area (Å²) in [5, 5.41) is 18.2. The fourth-order valence-electron chi connectivity index (χ4n) is 2.65. The minimum atomic E-state index is -0.957. The molecule has 0 amide bonds. The molecule has 0 aliphatic heterocycles. The van der Waals surface area contributed by atoms with Crippen molar-refractivity contribution < 1.29 is 19.8 Å². The molecular formula is C18H21ClN2O4. The highest BCUT2D eigenvalue weighted by Crippen LogP contribution is 2.21. The summed E-state index contributed by atoms with van der Waals surface area (Å²) in [6.07, 6.45) is 2.46. The summed E-state index contributed by atoms with van der Waals surface area (Å²) in [5.41, 5.74) is 2.15. The third-order valence-electron chi connectivity index (χ3n) is 3.89. The summed E-state index contributed by atoms with van der Waals surface area (Å²) in [7, 11) is 0. The first kappa shape index (κ1) is 19.0. The zero-order chi connectivity index (χ0) is 18.4. The van der Waals surface area contributed by atoms with E-state index in [4.69, 9.17) is 21.8 Å². The largest absolute Gasteiger partial charge is 0.481 e. The Hall–Kier alpha value is -2.34. The number of nitrogens with zero attached hydrogens (tertiary/aromatic N) is 2. The zero-order valence-corrected chi connectivity index (χ0v) is 14.8. The van der Waals surface area contributed by atoms with Crippen molar-refractivity contribution in [3.63, 3.8) is 0 Å². The number of imidazole rings is 1. The molecule has 0 radical (unpaired) electrons. The fraction of sp³-hybridized carbons (Fsp3) is 0.389. The second-order valence-corrected chi connectivity index (χ2v) is 6.27. The molecule has 0 atom stereocenters. The molecule has 0 fully saturated rings. The maximum Gasteiger partial charge on any atom is 0.309 e. The summed E-state index contributed by atoms with van der Waals surface area (Å²) in [5.74, 6) is -1.06. The normalized spacial score (nSPS) is 10.8. The molecule has 1 heterocycles. The van der Waals surface area contributed by atoms with E-state index in [1.54, 1.807) is 12.1 Å². The summed E-state index contributed by atoms with van der Waals surface area (Å²) in [6.45, 7) is 2.53. The van der Waals surface area contributed by atoms with Gasteiger partial charge in [-0.25, -0.2) is 4.98 Å². The summed E-state index contributed by atoms with van der Waals surface area (Å²) < 4.78 is 1.86. The van der Waals surface area contributed by atoms with E-state index in [0.29, 0.717) is 12.2 Å². The van der Waals surface area contributed by atoms with Crippen LogP contribution in [0.3, 0.4) is 0 Å². The molecule has 134 valence electrons. The van der Waals surface area contributed by atoms with Crippen molar-refractivity contribution >= 4 is 23.5 Å². The van der Waals surface area contributed by atoms with Gasteiger partial charge < -0.3 is 14.8 Å². The zero-order valence-electron chi connectivity index (χ0n) is 14.0. The SMILES string of the molecule is CCCCc1nc(Cl)c(CC(=O)O)n1Cc1ccc(CC(=O)O)cc1. The fourth-order valence-corrected chi connectivity index (χ4v) is 2.92. The van der Waals surface area contributed by atoms with Crippen molar-refractivity contribution in [2.45, 2.75) is 45.6 Å². The van der Waals surface area contributed by atoms with Gasteiger partial charge in [0, 0.05) is 13.0 Å². The first-order chi connectivity index (χ1) is 11.9. The van der Waals surface area contributed by atoms with E-state index in [9.17, 15) is 9.59 Å². The van der Waals surface area contributed by atoms with E-state index in [0.717, 1.165) is 36.2 Å². The van der Waals surface area contributed by atoms with Gasteiger partial charge in [0.1, 0.15) is 5.82 Å². The van der Waals surface area contributed by atoms with Crippen molar-refractivity contribution in [1.82, 2.24) is 9.55 Å². The van der Waals surface area contributed by atoms with Gasteiger partial charge in [0.25, 0.3) is 0 Å². The predicted octanol–water partition coefficient (Wildman–Crippen LogP) is 3.18. The van der Waals surface area contributed by atoms with Crippen LogP contribution in [0.25, 0.3) is 0 Å². The standard InChI is InChI=1S/C18H21ClN2O4/c1-2-3-4-15-20-18(19)14(10-17(24)25)21(15)11-13-7-5-12(6-8-13)9-16(22)23/h5-8H,2-4,9-11H2,1H3,(H,22,23)(H,24,25). The molecule has 0 aliphatic rings. The molecule has 0 unspecified atom stereocenters. The van der Waals surface area contributed by atoms with Crippen LogP contribution in [0.5, 0.6) is 0 Å². The van der Waals surface area contributed by atoms with Gasteiger partial charge in [0.05, 0.1) is 18.5 Å². The number of hydrogen-bond acceptors (Lipinski definition) is 3. The Balaban J connectivity index is 2.28. The Labute approximate surface area is 151 Å². The molecule has 0 bridgehead atoms. The van der Waals surface area contributed by atoms with Crippen LogP contribution in [0.1, 0.15) is 42.4 Å². The number of aryl methyl sites for hydroxylation is 1. The molecule has 0 aliphatic carbocycles. The second-order valence-electron chi connectivity index (χ2n) is 5.91. The highest BCUT2D eigenvalue weighted by Gasteiger charge is 2.18. The van der Waals surface area contributed by atoms with E-state index in [2.05, 4.69) is 11.9 Å². The molecule has 2 N–H and O–H groups in total. The number of hydrogen-bond donors (Lipinski definition) is 2. The minimum Gasteiger partial charge on any atom is -0.481 e. The number of carboxylic acid groups (broad SMARTS) is 2. The van der Waals surface area contributed by atoms with Gasteiger partial charge >= 0.3 is 11.9 Å². The Bertz CT molecular complexity index is 753. The third kappa shape index (κ3) is 5.32. The second kappa shape index (κ2) is 8.67. The molecule has 6 nitrogen and oxygen atoms in total. The highest BCUT2D eigenvalue weighted by molar-refractivity contribution is 6.30. The quantitative estimate of drug-likeness (QED) is 0.712. The van der Waals surface area contributed by atoms with Crippen LogP contribution < -0.4 is 0 Å². The van der Waals surface area contributed by atoms with Crippen LogP contribution in [0, 0.1) is 0 Å². The Morgan fingerprint density at radius 1 is 1.08 bits per heavy atom. The van der Waals surface area contributed by atoms with Crippen molar-refractivity contribution in [3.8, 4) is 0 Å². The average molecular weight is 365 g/mol. The van der Waals surface area contributed by atoms with Crippen molar-refractivity contribution in [2.24, 2.45) is 0 Å².